The van der Waals surface area contributed by atoms with Gasteiger partial charge in [-0.1, -0.05) is 23.2 Å². The Balaban J connectivity index is 1.78. The molecule has 2 amide bonds. The molecule has 1 fully saturated rings. The van der Waals surface area contributed by atoms with Crippen molar-refractivity contribution in [3.8, 4) is 0 Å². The first-order chi connectivity index (χ1) is 10.4. The molecule has 0 aliphatic carbocycles. The normalized spacial score (nSPS) is 18.6. The number of hydrogen-bond acceptors (Lipinski definition) is 3. The lowest BCUT2D eigenvalue weighted by atomic mass is 10.2. The topological polar surface area (TPSA) is 80.4 Å². The third-order valence-corrected chi connectivity index (χ3v) is 4.79. The largest absolute Gasteiger partial charge is 0.368 e. The summed E-state index contributed by atoms with van der Waals surface area (Å²) in [4.78, 5) is 25.4. The van der Waals surface area contributed by atoms with Gasteiger partial charge in [0.2, 0.25) is 5.91 Å². The molecular weight excluding hydrogens is 327 g/mol. The van der Waals surface area contributed by atoms with E-state index in [0.29, 0.717) is 22.4 Å². The van der Waals surface area contributed by atoms with Crippen molar-refractivity contribution in [2.24, 2.45) is 12.8 Å². The van der Waals surface area contributed by atoms with E-state index in [1.165, 1.54) is 0 Å². The van der Waals surface area contributed by atoms with Gasteiger partial charge >= 0.3 is 0 Å². The molecule has 0 spiro atoms. The summed E-state index contributed by atoms with van der Waals surface area (Å²) in [6, 6.07) is 1.38. The fourth-order valence-electron chi connectivity index (χ4n) is 2.75. The van der Waals surface area contributed by atoms with Crippen LogP contribution in [0.2, 0.25) is 10.2 Å². The molecule has 1 aliphatic heterocycles. The number of carbonyl (C=O) groups is 2. The van der Waals surface area contributed by atoms with Crippen molar-refractivity contribution >= 4 is 35.0 Å². The molecule has 2 heterocycles. The molecule has 0 saturated carbocycles. The summed E-state index contributed by atoms with van der Waals surface area (Å²) in [5, 5.41) is 3.53. The van der Waals surface area contributed by atoms with E-state index in [-0.39, 0.29) is 17.9 Å². The molecule has 0 aromatic carbocycles. The highest BCUT2D eigenvalue weighted by Gasteiger charge is 2.28. The van der Waals surface area contributed by atoms with Crippen LogP contribution in [0.25, 0.3) is 0 Å². The molecule has 2 rings (SSSR count). The summed E-state index contributed by atoms with van der Waals surface area (Å²) in [7, 11) is 1.69. The van der Waals surface area contributed by atoms with E-state index >= 15 is 0 Å². The Kier molecular flexibility index (Phi) is 5.72. The average Bonchev–Trinajstić information content (AvgIpc) is 3.04. The summed E-state index contributed by atoms with van der Waals surface area (Å²) in [5.74, 6) is -0.487. The predicted octanol–water partition coefficient (Wildman–Crippen LogP) is 1.40. The van der Waals surface area contributed by atoms with Crippen molar-refractivity contribution in [2.45, 2.75) is 25.3 Å². The molecule has 1 saturated heterocycles. The van der Waals surface area contributed by atoms with Crippen LogP contribution in [0.3, 0.4) is 0 Å². The van der Waals surface area contributed by atoms with Gasteiger partial charge < -0.3 is 15.6 Å². The summed E-state index contributed by atoms with van der Waals surface area (Å²) >= 11 is 11.8. The number of nitrogens with two attached hydrogens (primary N) is 1. The highest BCUT2D eigenvalue weighted by atomic mass is 35.5. The molecule has 1 unspecified atom stereocenters. The number of primary amides is 1. The second-order valence-electron chi connectivity index (χ2n) is 5.43. The molecule has 1 aromatic rings. The third kappa shape index (κ3) is 3.74. The van der Waals surface area contributed by atoms with Gasteiger partial charge in [0.05, 0.1) is 11.1 Å². The number of rotatable bonds is 6. The standard InChI is InChI=1S/C14H20Cl2N4O2/c1-19-11(8-9(15)12(19)16)14(22)18-5-3-7-20-6-2-4-10(20)13(17)21/h8,10H,2-7H2,1H3,(H2,17,21)(H,18,22). The van der Waals surface area contributed by atoms with Gasteiger partial charge in [-0.15, -0.1) is 0 Å². The fraction of sp³-hybridized carbons (Fsp3) is 0.571. The molecule has 122 valence electrons. The molecule has 8 heteroatoms. The van der Waals surface area contributed by atoms with Crippen LogP contribution in [-0.2, 0) is 11.8 Å². The zero-order chi connectivity index (χ0) is 16.3. The van der Waals surface area contributed by atoms with Crippen LogP contribution in [0.5, 0.6) is 0 Å². The Morgan fingerprint density at radius 1 is 1.45 bits per heavy atom. The van der Waals surface area contributed by atoms with Gasteiger partial charge in [-0.2, -0.15) is 0 Å². The SMILES string of the molecule is Cn1c(C(=O)NCCCN2CCCC2C(N)=O)cc(Cl)c1Cl. The number of aromatic nitrogens is 1. The molecule has 1 aromatic heterocycles. The molecule has 6 nitrogen and oxygen atoms in total. The quantitative estimate of drug-likeness (QED) is 0.764. The second-order valence-corrected chi connectivity index (χ2v) is 6.20. The monoisotopic (exact) mass is 346 g/mol. The Morgan fingerprint density at radius 2 is 2.18 bits per heavy atom. The van der Waals surface area contributed by atoms with Crippen LogP contribution in [0, 0.1) is 0 Å². The van der Waals surface area contributed by atoms with Crippen molar-refractivity contribution in [1.82, 2.24) is 14.8 Å². The number of likely N-dealkylation sites (tertiary alicyclic amines) is 1. The molecule has 1 aliphatic rings. The number of hydrogen-bond donors (Lipinski definition) is 2. The van der Waals surface area contributed by atoms with Crippen molar-refractivity contribution in [1.29, 1.82) is 0 Å². The molecule has 0 radical (unpaired) electrons. The minimum Gasteiger partial charge on any atom is -0.368 e. The smallest absolute Gasteiger partial charge is 0.267 e. The second kappa shape index (κ2) is 7.35. The number of halogens is 2. The van der Waals surface area contributed by atoms with E-state index in [9.17, 15) is 9.59 Å². The summed E-state index contributed by atoms with van der Waals surface area (Å²) < 4.78 is 1.54. The van der Waals surface area contributed by atoms with Gasteiger partial charge in [0.1, 0.15) is 10.8 Å². The zero-order valence-electron chi connectivity index (χ0n) is 12.4. The first-order valence-corrected chi connectivity index (χ1v) is 7.99. The zero-order valence-corrected chi connectivity index (χ0v) is 14.0. The summed E-state index contributed by atoms with van der Waals surface area (Å²) in [6.45, 7) is 2.13. The highest BCUT2D eigenvalue weighted by molar-refractivity contribution is 6.41. The lowest BCUT2D eigenvalue weighted by molar-refractivity contribution is -0.122. The van der Waals surface area contributed by atoms with E-state index in [2.05, 4.69) is 10.2 Å². The van der Waals surface area contributed by atoms with Crippen LogP contribution < -0.4 is 11.1 Å². The maximum absolute atomic E-state index is 12.1. The Morgan fingerprint density at radius 3 is 2.77 bits per heavy atom. The molecule has 0 bridgehead atoms. The van der Waals surface area contributed by atoms with E-state index < -0.39 is 0 Å². The number of amides is 2. The van der Waals surface area contributed by atoms with Crippen molar-refractivity contribution < 1.29 is 9.59 Å². The minimum absolute atomic E-state index is 0.166. The molecule has 1 atom stereocenters. The lowest BCUT2D eigenvalue weighted by Crippen LogP contribution is -2.41. The summed E-state index contributed by atoms with van der Waals surface area (Å²) in [6.07, 6.45) is 2.56. The van der Waals surface area contributed by atoms with E-state index in [1.54, 1.807) is 17.7 Å². The minimum atomic E-state index is -0.269. The van der Waals surface area contributed by atoms with Gasteiger partial charge in [-0.05, 0) is 31.9 Å². The molecular formula is C14H20Cl2N4O2. The predicted molar refractivity (Wildman–Crippen MR) is 86.2 cm³/mol. The van der Waals surface area contributed by atoms with Gasteiger partial charge in [0.15, 0.2) is 0 Å². The fourth-order valence-corrected chi connectivity index (χ4v) is 3.13. The Bertz CT molecular complexity index is 573. The van der Waals surface area contributed by atoms with Crippen LogP contribution >= 0.6 is 23.2 Å². The van der Waals surface area contributed by atoms with Crippen molar-refractivity contribution in [3.63, 3.8) is 0 Å². The maximum Gasteiger partial charge on any atom is 0.267 e. The first-order valence-electron chi connectivity index (χ1n) is 7.24. The third-order valence-electron chi connectivity index (χ3n) is 3.95. The van der Waals surface area contributed by atoms with Crippen LogP contribution in [0.4, 0.5) is 0 Å². The maximum atomic E-state index is 12.1. The van der Waals surface area contributed by atoms with Gasteiger partial charge in [-0.25, -0.2) is 0 Å². The Hall–Kier alpha value is -1.24. The van der Waals surface area contributed by atoms with E-state index in [1.807, 2.05) is 0 Å². The summed E-state index contributed by atoms with van der Waals surface area (Å²) in [5.41, 5.74) is 5.79. The van der Waals surface area contributed by atoms with Crippen LogP contribution in [-0.4, -0.2) is 47.0 Å². The average molecular weight is 347 g/mol. The number of nitrogens with zero attached hydrogens (tertiary/aromatic N) is 2. The van der Waals surface area contributed by atoms with E-state index in [0.717, 1.165) is 32.4 Å². The molecule has 22 heavy (non-hydrogen) atoms. The van der Waals surface area contributed by atoms with E-state index in [4.69, 9.17) is 28.9 Å². The van der Waals surface area contributed by atoms with Crippen LogP contribution in [0.15, 0.2) is 6.07 Å². The van der Waals surface area contributed by atoms with Crippen molar-refractivity contribution in [2.75, 3.05) is 19.6 Å². The van der Waals surface area contributed by atoms with Gasteiger partial charge in [0, 0.05) is 20.1 Å². The van der Waals surface area contributed by atoms with Gasteiger partial charge in [0.25, 0.3) is 5.91 Å². The van der Waals surface area contributed by atoms with Gasteiger partial charge in [-0.3, -0.25) is 14.5 Å². The van der Waals surface area contributed by atoms with Crippen LogP contribution in [0.1, 0.15) is 29.8 Å². The Labute approximate surface area is 139 Å². The molecule has 3 N–H and O–H groups in total. The number of carbonyl (C=O) groups excluding carboxylic acids is 2. The first kappa shape index (κ1) is 17.1. The number of nitrogens with one attached hydrogen (secondary N) is 1. The highest BCUT2D eigenvalue weighted by Crippen LogP contribution is 2.25. The lowest BCUT2D eigenvalue weighted by Gasteiger charge is -2.21. The van der Waals surface area contributed by atoms with Crippen molar-refractivity contribution in [3.05, 3.63) is 21.9 Å².